The zero-order chi connectivity index (χ0) is 10.0. The minimum atomic E-state index is -1.24. The van der Waals surface area contributed by atoms with Crippen molar-refractivity contribution in [3.05, 3.63) is 0 Å². The molecule has 0 aliphatic carbocycles. The number of rotatable bonds is 2. The molecule has 0 aromatic carbocycles. The van der Waals surface area contributed by atoms with Crippen LogP contribution in [0.15, 0.2) is 0 Å². The number of hydrogen-bond acceptors (Lipinski definition) is 5. The van der Waals surface area contributed by atoms with E-state index in [2.05, 4.69) is 0 Å². The van der Waals surface area contributed by atoms with Gasteiger partial charge < -0.3 is 25.2 Å². The lowest BCUT2D eigenvalue weighted by molar-refractivity contribution is -0.229. The van der Waals surface area contributed by atoms with E-state index in [1.54, 1.807) is 6.92 Å². The summed E-state index contributed by atoms with van der Waals surface area (Å²) in [4.78, 5) is 0. The first-order chi connectivity index (χ1) is 6.11. The van der Waals surface area contributed by atoms with Crippen molar-refractivity contribution in [2.24, 2.45) is 0 Å². The molecule has 0 saturated carbocycles. The molecular weight excluding hydrogens is 176 g/mol. The third-order valence-electron chi connectivity index (χ3n) is 2.39. The SMILES string of the molecule is CC[C@@H]1OC(CO)[C@@H](O)[C@H](O)C1O. The fraction of sp³-hybridized carbons (Fsp3) is 1.00. The van der Waals surface area contributed by atoms with E-state index in [0.29, 0.717) is 6.42 Å². The molecule has 4 N–H and O–H groups in total. The molecule has 0 amide bonds. The molecule has 0 aromatic heterocycles. The molecule has 5 heteroatoms. The Morgan fingerprint density at radius 2 is 1.54 bits per heavy atom. The van der Waals surface area contributed by atoms with Crippen LogP contribution in [0.5, 0.6) is 0 Å². The smallest absolute Gasteiger partial charge is 0.111 e. The summed E-state index contributed by atoms with van der Waals surface area (Å²) in [5.74, 6) is 0. The highest BCUT2D eigenvalue weighted by molar-refractivity contribution is 4.91. The van der Waals surface area contributed by atoms with Crippen molar-refractivity contribution in [2.75, 3.05) is 6.61 Å². The minimum Gasteiger partial charge on any atom is -0.394 e. The second kappa shape index (κ2) is 4.34. The molecule has 78 valence electrons. The number of aliphatic hydroxyl groups excluding tert-OH is 4. The average Bonchev–Trinajstić information content (AvgIpc) is 2.15. The molecule has 13 heavy (non-hydrogen) atoms. The summed E-state index contributed by atoms with van der Waals surface area (Å²) < 4.78 is 5.17. The van der Waals surface area contributed by atoms with Gasteiger partial charge in [-0.2, -0.15) is 0 Å². The Morgan fingerprint density at radius 1 is 1.00 bits per heavy atom. The van der Waals surface area contributed by atoms with Gasteiger partial charge in [-0.15, -0.1) is 0 Å². The normalized spacial score (nSPS) is 46.4. The maximum atomic E-state index is 9.40. The second-order valence-electron chi connectivity index (χ2n) is 3.28. The Labute approximate surface area is 76.6 Å². The molecule has 0 aromatic rings. The molecular formula is C8H16O5. The monoisotopic (exact) mass is 192 g/mol. The predicted octanol–water partition coefficient (Wildman–Crippen LogP) is -1.76. The van der Waals surface area contributed by atoms with E-state index >= 15 is 0 Å². The number of ether oxygens (including phenoxy) is 1. The molecule has 1 saturated heterocycles. The Balaban J connectivity index is 2.66. The van der Waals surface area contributed by atoms with Gasteiger partial charge in [-0.3, -0.25) is 0 Å². The highest BCUT2D eigenvalue weighted by Gasteiger charge is 2.42. The van der Waals surface area contributed by atoms with Crippen molar-refractivity contribution in [2.45, 2.75) is 43.9 Å². The van der Waals surface area contributed by atoms with Crippen LogP contribution in [-0.2, 0) is 4.74 Å². The zero-order valence-corrected chi connectivity index (χ0v) is 7.50. The zero-order valence-electron chi connectivity index (χ0n) is 7.50. The van der Waals surface area contributed by atoms with E-state index in [9.17, 15) is 15.3 Å². The Morgan fingerprint density at radius 3 is 2.00 bits per heavy atom. The highest BCUT2D eigenvalue weighted by Crippen LogP contribution is 2.22. The first-order valence-corrected chi connectivity index (χ1v) is 4.42. The van der Waals surface area contributed by atoms with Gasteiger partial charge in [0, 0.05) is 0 Å². The lowest BCUT2D eigenvalue weighted by Gasteiger charge is -2.39. The maximum absolute atomic E-state index is 9.40. The van der Waals surface area contributed by atoms with Crippen LogP contribution in [0.3, 0.4) is 0 Å². The predicted molar refractivity (Wildman–Crippen MR) is 44.1 cm³/mol. The van der Waals surface area contributed by atoms with E-state index in [1.165, 1.54) is 0 Å². The van der Waals surface area contributed by atoms with Crippen molar-refractivity contribution in [1.29, 1.82) is 0 Å². The van der Waals surface area contributed by atoms with Gasteiger partial charge in [0.25, 0.3) is 0 Å². The molecule has 1 rings (SSSR count). The van der Waals surface area contributed by atoms with Crippen LogP contribution in [0, 0.1) is 0 Å². The third-order valence-corrected chi connectivity index (χ3v) is 2.39. The van der Waals surface area contributed by atoms with Gasteiger partial charge in [-0.05, 0) is 6.42 Å². The van der Waals surface area contributed by atoms with E-state index in [0.717, 1.165) is 0 Å². The highest BCUT2D eigenvalue weighted by atomic mass is 16.5. The van der Waals surface area contributed by atoms with E-state index in [4.69, 9.17) is 9.84 Å². The second-order valence-corrected chi connectivity index (χ2v) is 3.28. The minimum absolute atomic E-state index is 0.360. The Bertz CT molecular complexity index is 143. The van der Waals surface area contributed by atoms with Crippen LogP contribution >= 0.6 is 0 Å². The molecule has 1 heterocycles. The van der Waals surface area contributed by atoms with Crippen LogP contribution in [0.2, 0.25) is 0 Å². The molecule has 5 nitrogen and oxygen atoms in total. The summed E-state index contributed by atoms with van der Waals surface area (Å²) in [5.41, 5.74) is 0. The summed E-state index contributed by atoms with van der Waals surface area (Å²) in [6, 6.07) is 0. The molecule has 1 aliphatic rings. The van der Waals surface area contributed by atoms with Gasteiger partial charge in [-0.1, -0.05) is 6.92 Å². The molecule has 0 radical (unpaired) electrons. The fourth-order valence-corrected chi connectivity index (χ4v) is 1.52. The van der Waals surface area contributed by atoms with Crippen molar-refractivity contribution >= 4 is 0 Å². The van der Waals surface area contributed by atoms with Gasteiger partial charge in [-0.25, -0.2) is 0 Å². The maximum Gasteiger partial charge on any atom is 0.111 e. The van der Waals surface area contributed by atoms with Gasteiger partial charge in [0.05, 0.1) is 12.7 Å². The van der Waals surface area contributed by atoms with E-state index in [1.807, 2.05) is 0 Å². The fourth-order valence-electron chi connectivity index (χ4n) is 1.52. The van der Waals surface area contributed by atoms with E-state index in [-0.39, 0.29) is 6.61 Å². The lowest BCUT2D eigenvalue weighted by atomic mass is 9.94. The van der Waals surface area contributed by atoms with Crippen molar-refractivity contribution < 1.29 is 25.2 Å². The quantitative estimate of drug-likeness (QED) is 0.416. The summed E-state index contributed by atoms with van der Waals surface area (Å²) >= 11 is 0. The summed E-state index contributed by atoms with van der Waals surface area (Å²) in [7, 11) is 0. The first-order valence-electron chi connectivity index (χ1n) is 4.42. The summed E-state index contributed by atoms with van der Waals surface area (Å²) in [6.07, 6.45) is -4.33. The van der Waals surface area contributed by atoms with Gasteiger partial charge >= 0.3 is 0 Å². The average molecular weight is 192 g/mol. The third kappa shape index (κ3) is 2.00. The van der Waals surface area contributed by atoms with Gasteiger partial charge in [0.1, 0.15) is 24.4 Å². The standard InChI is InChI=1S/C8H16O5/c1-2-4-6(10)8(12)7(11)5(3-9)13-4/h4-12H,2-3H2,1H3/t4-,5?,6?,7+,8+/m0/s1. The Hall–Kier alpha value is -0.200. The largest absolute Gasteiger partial charge is 0.394 e. The molecule has 5 atom stereocenters. The molecule has 1 aliphatic heterocycles. The van der Waals surface area contributed by atoms with Crippen LogP contribution in [0.25, 0.3) is 0 Å². The van der Waals surface area contributed by atoms with E-state index < -0.39 is 30.5 Å². The molecule has 1 fully saturated rings. The van der Waals surface area contributed by atoms with Gasteiger partial charge in [0.2, 0.25) is 0 Å². The van der Waals surface area contributed by atoms with Crippen molar-refractivity contribution in [3.8, 4) is 0 Å². The van der Waals surface area contributed by atoms with Crippen molar-refractivity contribution in [1.82, 2.24) is 0 Å². The van der Waals surface area contributed by atoms with Crippen LogP contribution < -0.4 is 0 Å². The molecule has 2 unspecified atom stereocenters. The number of hydrogen-bond donors (Lipinski definition) is 4. The van der Waals surface area contributed by atoms with Crippen LogP contribution in [0.4, 0.5) is 0 Å². The molecule has 0 bridgehead atoms. The topological polar surface area (TPSA) is 90.2 Å². The Kier molecular flexibility index (Phi) is 3.63. The van der Waals surface area contributed by atoms with Crippen molar-refractivity contribution in [3.63, 3.8) is 0 Å². The number of aliphatic hydroxyl groups is 4. The molecule has 0 spiro atoms. The first kappa shape index (κ1) is 10.9. The van der Waals surface area contributed by atoms with Crippen LogP contribution in [0.1, 0.15) is 13.3 Å². The van der Waals surface area contributed by atoms with Crippen LogP contribution in [-0.4, -0.2) is 57.6 Å². The summed E-state index contributed by atoms with van der Waals surface area (Å²) in [6.45, 7) is 1.44. The lowest BCUT2D eigenvalue weighted by Crippen LogP contribution is -2.58. The summed E-state index contributed by atoms with van der Waals surface area (Å²) in [5, 5.41) is 36.9. The van der Waals surface area contributed by atoms with Gasteiger partial charge in [0.15, 0.2) is 0 Å².